The van der Waals surface area contributed by atoms with Crippen LogP contribution in [0.5, 0.6) is 0 Å². The van der Waals surface area contributed by atoms with E-state index in [0.29, 0.717) is 11.8 Å². The zero-order chi connectivity index (χ0) is 15.1. The monoisotopic (exact) mass is 295 g/mol. The minimum atomic E-state index is 0.256. The summed E-state index contributed by atoms with van der Waals surface area (Å²) >= 11 is 0. The van der Waals surface area contributed by atoms with Crippen molar-refractivity contribution in [2.24, 2.45) is 11.8 Å². The molecule has 0 spiro atoms. The largest absolute Gasteiger partial charge is 0.490 e. The zero-order valence-electron chi connectivity index (χ0n) is 13.4. The molecule has 0 aromatic heterocycles. The Kier molecular flexibility index (Phi) is 3.48. The second kappa shape index (κ2) is 5.49. The van der Waals surface area contributed by atoms with Crippen molar-refractivity contribution in [2.75, 3.05) is 13.1 Å². The molecule has 0 aromatic carbocycles. The number of ether oxygens (including phenoxy) is 1. The highest BCUT2D eigenvalue weighted by atomic mass is 16.5. The number of rotatable bonds is 2. The molecule has 2 nitrogen and oxygen atoms in total. The van der Waals surface area contributed by atoms with Crippen molar-refractivity contribution in [1.82, 2.24) is 4.90 Å². The summed E-state index contributed by atoms with van der Waals surface area (Å²) in [5, 5.41) is 0. The molecule has 2 heterocycles. The number of hydrogen-bond donors (Lipinski definition) is 0. The zero-order valence-corrected chi connectivity index (χ0v) is 13.4. The van der Waals surface area contributed by atoms with Crippen LogP contribution < -0.4 is 0 Å². The molecule has 0 aromatic rings. The van der Waals surface area contributed by atoms with Crippen LogP contribution in [0.15, 0.2) is 59.6 Å². The molecule has 2 aliphatic heterocycles. The molecule has 0 saturated carbocycles. The van der Waals surface area contributed by atoms with Crippen LogP contribution in [0.4, 0.5) is 0 Å². The maximum absolute atomic E-state index is 6.49. The maximum Gasteiger partial charge on any atom is 0.123 e. The third kappa shape index (κ3) is 2.16. The molecule has 4 rings (SSSR count). The fourth-order valence-corrected chi connectivity index (χ4v) is 4.40. The van der Waals surface area contributed by atoms with Gasteiger partial charge < -0.3 is 9.64 Å². The first-order valence-corrected chi connectivity index (χ1v) is 8.63. The SMILES string of the molecule is C=CN1CC2C3=CC(CC)=CCC3OC3=C(C=CCC3)C2C1. The van der Waals surface area contributed by atoms with Gasteiger partial charge in [0.1, 0.15) is 11.9 Å². The smallest absolute Gasteiger partial charge is 0.123 e. The molecular formula is C20H25NO. The van der Waals surface area contributed by atoms with Gasteiger partial charge in [-0.1, -0.05) is 43.4 Å². The summed E-state index contributed by atoms with van der Waals surface area (Å²) in [7, 11) is 0. The first kappa shape index (κ1) is 13.9. The fraction of sp³-hybridized carbons (Fsp3) is 0.500. The van der Waals surface area contributed by atoms with Gasteiger partial charge in [-0.15, -0.1) is 0 Å². The van der Waals surface area contributed by atoms with Crippen molar-refractivity contribution in [1.29, 1.82) is 0 Å². The molecule has 1 fully saturated rings. The number of allylic oxidation sites excluding steroid dienone is 5. The van der Waals surface area contributed by atoms with Crippen molar-refractivity contribution in [2.45, 2.75) is 38.7 Å². The maximum atomic E-state index is 6.49. The summed E-state index contributed by atoms with van der Waals surface area (Å²) in [5.41, 5.74) is 4.45. The Labute approximate surface area is 133 Å². The predicted molar refractivity (Wildman–Crippen MR) is 90.1 cm³/mol. The van der Waals surface area contributed by atoms with E-state index in [1.165, 1.54) is 22.5 Å². The molecule has 0 amide bonds. The van der Waals surface area contributed by atoms with Gasteiger partial charge in [-0.05, 0) is 30.2 Å². The van der Waals surface area contributed by atoms with Crippen molar-refractivity contribution in [3.05, 3.63) is 59.6 Å². The highest BCUT2D eigenvalue weighted by Crippen LogP contribution is 2.46. The van der Waals surface area contributed by atoms with Gasteiger partial charge in [-0.25, -0.2) is 0 Å². The normalized spacial score (nSPS) is 33.1. The summed E-state index contributed by atoms with van der Waals surface area (Å²) in [6.07, 6.45) is 16.0. The van der Waals surface area contributed by atoms with Gasteiger partial charge in [0, 0.05) is 37.8 Å². The summed E-state index contributed by atoms with van der Waals surface area (Å²) in [6, 6.07) is 0. The van der Waals surface area contributed by atoms with Crippen LogP contribution in [-0.2, 0) is 4.74 Å². The lowest BCUT2D eigenvalue weighted by Gasteiger charge is -2.28. The van der Waals surface area contributed by atoms with Gasteiger partial charge in [0.05, 0.1) is 0 Å². The standard InChI is InChI=1S/C20H25NO/c1-3-14-9-10-20-16(11-14)18-13-21(4-2)12-17(18)15-7-5-6-8-19(15)22-20/h4-5,7,9,11,17-18,20H,2-3,6,8,10,12-13H2,1H3. The third-order valence-corrected chi connectivity index (χ3v) is 5.60. The van der Waals surface area contributed by atoms with Crippen LogP contribution in [0.2, 0.25) is 0 Å². The van der Waals surface area contributed by atoms with Gasteiger partial charge in [0.2, 0.25) is 0 Å². The number of likely N-dealkylation sites (tertiary alicyclic amines) is 1. The average Bonchev–Trinajstić information content (AvgIpc) is 2.95. The number of nitrogens with zero attached hydrogens (tertiary/aromatic N) is 1. The Bertz CT molecular complexity index is 607. The molecule has 2 aliphatic carbocycles. The van der Waals surface area contributed by atoms with E-state index in [0.717, 1.165) is 38.8 Å². The number of hydrogen-bond acceptors (Lipinski definition) is 2. The van der Waals surface area contributed by atoms with Crippen LogP contribution in [0.3, 0.4) is 0 Å². The molecule has 0 bridgehead atoms. The van der Waals surface area contributed by atoms with Crippen LogP contribution in [-0.4, -0.2) is 24.1 Å². The average molecular weight is 295 g/mol. The first-order chi connectivity index (χ1) is 10.8. The molecule has 4 aliphatic rings. The molecule has 0 N–H and O–H groups in total. The highest BCUT2D eigenvalue weighted by molar-refractivity contribution is 5.41. The van der Waals surface area contributed by atoms with Gasteiger partial charge in [-0.2, -0.15) is 0 Å². The van der Waals surface area contributed by atoms with Crippen molar-refractivity contribution >= 4 is 0 Å². The van der Waals surface area contributed by atoms with Crippen molar-refractivity contribution in [3.8, 4) is 0 Å². The second-order valence-electron chi connectivity index (χ2n) is 6.79. The molecule has 116 valence electrons. The van der Waals surface area contributed by atoms with Gasteiger partial charge in [0.15, 0.2) is 0 Å². The Hall–Kier alpha value is -1.70. The van der Waals surface area contributed by atoms with E-state index in [2.05, 4.69) is 42.7 Å². The van der Waals surface area contributed by atoms with Crippen LogP contribution in [0, 0.1) is 11.8 Å². The minimum absolute atomic E-state index is 0.256. The highest BCUT2D eigenvalue weighted by Gasteiger charge is 2.43. The van der Waals surface area contributed by atoms with Crippen LogP contribution in [0.25, 0.3) is 0 Å². The minimum Gasteiger partial charge on any atom is -0.490 e. The topological polar surface area (TPSA) is 12.5 Å². The first-order valence-electron chi connectivity index (χ1n) is 8.63. The lowest BCUT2D eigenvalue weighted by molar-refractivity contribution is 0.133. The Balaban J connectivity index is 1.77. The fourth-order valence-electron chi connectivity index (χ4n) is 4.40. The van der Waals surface area contributed by atoms with E-state index in [9.17, 15) is 0 Å². The van der Waals surface area contributed by atoms with E-state index in [4.69, 9.17) is 4.74 Å². The van der Waals surface area contributed by atoms with Gasteiger partial charge in [-0.3, -0.25) is 0 Å². The quantitative estimate of drug-likeness (QED) is 0.751. The van der Waals surface area contributed by atoms with E-state index in [1.807, 2.05) is 6.20 Å². The number of fused-ring (bicyclic) bond motifs is 4. The van der Waals surface area contributed by atoms with Gasteiger partial charge >= 0.3 is 0 Å². The van der Waals surface area contributed by atoms with E-state index >= 15 is 0 Å². The lowest BCUT2D eigenvalue weighted by atomic mass is 9.78. The van der Waals surface area contributed by atoms with Crippen LogP contribution in [0.1, 0.15) is 32.6 Å². The predicted octanol–water partition coefficient (Wildman–Crippen LogP) is 4.35. The Morgan fingerprint density at radius 2 is 2.23 bits per heavy atom. The Morgan fingerprint density at radius 3 is 3.05 bits per heavy atom. The molecule has 2 heteroatoms. The molecule has 1 saturated heterocycles. The second-order valence-corrected chi connectivity index (χ2v) is 6.79. The van der Waals surface area contributed by atoms with Crippen molar-refractivity contribution in [3.63, 3.8) is 0 Å². The molecular weight excluding hydrogens is 270 g/mol. The summed E-state index contributed by atoms with van der Waals surface area (Å²) in [5.74, 6) is 2.40. The summed E-state index contributed by atoms with van der Waals surface area (Å²) < 4.78 is 6.49. The van der Waals surface area contributed by atoms with E-state index in [-0.39, 0.29) is 6.10 Å². The molecule has 0 radical (unpaired) electrons. The Morgan fingerprint density at radius 1 is 1.36 bits per heavy atom. The van der Waals surface area contributed by atoms with E-state index < -0.39 is 0 Å². The molecule has 3 unspecified atom stereocenters. The summed E-state index contributed by atoms with van der Waals surface area (Å²) in [6.45, 7) is 8.40. The summed E-state index contributed by atoms with van der Waals surface area (Å²) in [4.78, 5) is 2.38. The van der Waals surface area contributed by atoms with Gasteiger partial charge in [0.25, 0.3) is 0 Å². The molecule has 22 heavy (non-hydrogen) atoms. The third-order valence-electron chi connectivity index (χ3n) is 5.60. The van der Waals surface area contributed by atoms with E-state index in [1.54, 1.807) is 0 Å². The molecule has 3 atom stereocenters. The van der Waals surface area contributed by atoms with Crippen molar-refractivity contribution < 1.29 is 4.74 Å². The van der Waals surface area contributed by atoms with Crippen LogP contribution >= 0.6 is 0 Å². The lowest BCUT2D eigenvalue weighted by Crippen LogP contribution is -2.25.